The van der Waals surface area contributed by atoms with Gasteiger partial charge in [-0.2, -0.15) is 0 Å². The number of benzene rings is 2. The van der Waals surface area contributed by atoms with Crippen LogP contribution >= 0.6 is 0 Å². The van der Waals surface area contributed by atoms with E-state index in [0.717, 1.165) is 0 Å². The second-order valence-corrected chi connectivity index (χ2v) is 7.06. The fourth-order valence-electron chi connectivity index (χ4n) is 3.31. The van der Waals surface area contributed by atoms with Crippen LogP contribution in [0.4, 0.5) is 0 Å². The maximum atomic E-state index is 3.09. The highest BCUT2D eigenvalue weighted by Gasteiger charge is 2.40. The van der Waals surface area contributed by atoms with Crippen LogP contribution in [0.3, 0.4) is 0 Å². The molecule has 2 aromatic rings. The number of hydrogen-bond acceptors (Lipinski definition) is 0. The van der Waals surface area contributed by atoms with Crippen LogP contribution in [0.15, 0.2) is 78.9 Å². The zero-order valence-electron chi connectivity index (χ0n) is 13.6. The Morgan fingerprint density at radius 3 is 2.00 bits per heavy atom. The molecule has 0 fully saturated rings. The molecule has 0 saturated carbocycles. The van der Waals surface area contributed by atoms with E-state index in [-0.39, 0.29) is 10.8 Å². The lowest BCUT2D eigenvalue weighted by molar-refractivity contribution is 0.287. The quantitative estimate of drug-likeness (QED) is 0.623. The smallest absolute Gasteiger partial charge is 0.0361 e. The predicted octanol–water partition coefficient (Wildman–Crippen LogP) is 5.68. The summed E-state index contributed by atoms with van der Waals surface area (Å²) in [4.78, 5) is 0. The molecule has 0 atom stereocenters. The minimum atomic E-state index is -0.0499. The molecular weight excluding hydrogens is 264 g/mol. The molecule has 0 N–H and O–H groups in total. The fourth-order valence-corrected chi connectivity index (χ4v) is 3.31. The van der Waals surface area contributed by atoms with E-state index in [4.69, 9.17) is 0 Å². The van der Waals surface area contributed by atoms with Crippen molar-refractivity contribution in [3.63, 3.8) is 0 Å². The van der Waals surface area contributed by atoms with Gasteiger partial charge in [0, 0.05) is 11.3 Å². The Bertz CT molecular complexity index is 655. The standard InChI is InChI=1S/C22H23/c1-21(2,3)22(20-12-8-5-9-13-20)16-14-19(15-17-22)18-10-6-4-7-11-18/h5-17,19H,1-3H3. The van der Waals surface area contributed by atoms with Gasteiger partial charge in [0.15, 0.2) is 0 Å². The molecule has 1 aliphatic carbocycles. The van der Waals surface area contributed by atoms with Gasteiger partial charge in [0.25, 0.3) is 0 Å². The largest absolute Gasteiger partial charge is 0.0760 e. The molecule has 3 rings (SSSR count). The van der Waals surface area contributed by atoms with Crippen molar-refractivity contribution in [2.45, 2.75) is 32.1 Å². The van der Waals surface area contributed by atoms with E-state index in [1.807, 2.05) is 12.1 Å². The molecular formula is C22H23. The zero-order chi connectivity index (χ0) is 15.6. The molecule has 0 spiro atoms. The molecule has 1 radical (unpaired) electrons. The van der Waals surface area contributed by atoms with Gasteiger partial charge in [-0.05, 0) is 22.6 Å². The van der Waals surface area contributed by atoms with Gasteiger partial charge in [0.2, 0.25) is 0 Å². The van der Waals surface area contributed by atoms with Gasteiger partial charge in [-0.25, -0.2) is 0 Å². The van der Waals surface area contributed by atoms with E-state index in [1.165, 1.54) is 11.1 Å². The van der Waals surface area contributed by atoms with Crippen LogP contribution in [0, 0.1) is 11.5 Å². The molecule has 2 aromatic carbocycles. The maximum absolute atomic E-state index is 3.09. The maximum Gasteiger partial charge on any atom is 0.0361 e. The average Bonchev–Trinajstić information content (AvgIpc) is 2.55. The van der Waals surface area contributed by atoms with Crippen LogP contribution < -0.4 is 0 Å². The lowest BCUT2D eigenvalue weighted by Gasteiger charge is -2.43. The van der Waals surface area contributed by atoms with Crippen molar-refractivity contribution in [1.29, 1.82) is 0 Å². The number of rotatable bonds is 2. The first-order chi connectivity index (χ1) is 10.5. The summed E-state index contributed by atoms with van der Waals surface area (Å²) in [6.45, 7) is 6.94. The van der Waals surface area contributed by atoms with Crippen LogP contribution in [-0.4, -0.2) is 0 Å². The van der Waals surface area contributed by atoms with Gasteiger partial charge in [0.05, 0.1) is 0 Å². The molecule has 0 aromatic heterocycles. The highest BCUT2D eigenvalue weighted by Crippen LogP contribution is 2.47. The first-order valence-electron chi connectivity index (χ1n) is 7.93. The molecule has 0 bridgehead atoms. The zero-order valence-corrected chi connectivity index (χ0v) is 13.6. The molecule has 0 aliphatic heterocycles. The van der Waals surface area contributed by atoms with Crippen molar-refractivity contribution in [1.82, 2.24) is 0 Å². The van der Waals surface area contributed by atoms with E-state index in [1.54, 1.807) is 0 Å². The van der Waals surface area contributed by atoms with E-state index in [9.17, 15) is 0 Å². The Morgan fingerprint density at radius 1 is 0.864 bits per heavy atom. The summed E-state index contributed by atoms with van der Waals surface area (Å²) in [5, 5.41) is 0. The van der Waals surface area contributed by atoms with Crippen LogP contribution in [0.1, 0.15) is 37.8 Å². The fraction of sp³-hybridized carbons (Fsp3) is 0.273. The van der Waals surface area contributed by atoms with Gasteiger partial charge in [-0.3, -0.25) is 0 Å². The molecule has 0 heteroatoms. The minimum absolute atomic E-state index is 0.0499. The van der Waals surface area contributed by atoms with Gasteiger partial charge in [-0.1, -0.05) is 99.7 Å². The average molecular weight is 287 g/mol. The van der Waals surface area contributed by atoms with Crippen molar-refractivity contribution < 1.29 is 0 Å². The molecule has 1 aliphatic rings. The highest BCUT2D eigenvalue weighted by molar-refractivity contribution is 5.45. The van der Waals surface area contributed by atoms with Crippen molar-refractivity contribution in [2.75, 3.05) is 0 Å². The molecule has 0 amide bonds. The molecule has 0 unspecified atom stereocenters. The van der Waals surface area contributed by atoms with Gasteiger partial charge >= 0.3 is 0 Å². The lowest BCUT2D eigenvalue weighted by Crippen LogP contribution is -2.37. The summed E-state index contributed by atoms with van der Waals surface area (Å²) in [6.07, 6.45) is 9.47. The first kappa shape index (κ1) is 14.8. The molecule has 0 heterocycles. The first-order valence-corrected chi connectivity index (χ1v) is 7.93. The Morgan fingerprint density at radius 2 is 1.45 bits per heavy atom. The normalized spacial score (nSPS) is 24.4. The summed E-state index contributed by atoms with van der Waals surface area (Å²) in [6, 6.07) is 22.2. The van der Waals surface area contributed by atoms with Gasteiger partial charge < -0.3 is 0 Å². The van der Waals surface area contributed by atoms with Crippen molar-refractivity contribution in [3.05, 3.63) is 96.1 Å². The lowest BCUT2D eigenvalue weighted by atomic mass is 9.60. The highest BCUT2D eigenvalue weighted by atomic mass is 14.4. The molecule has 22 heavy (non-hydrogen) atoms. The summed E-state index contributed by atoms with van der Waals surface area (Å²) in [5.41, 5.74) is 2.75. The molecule has 111 valence electrons. The topological polar surface area (TPSA) is 0 Å². The van der Waals surface area contributed by atoms with Crippen molar-refractivity contribution in [2.24, 2.45) is 5.41 Å². The van der Waals surface area contributed by atoms with Crippen LogP contribution in [0.5, 0.6) is 0 Å². The third-order valence-electron chi connectivity index (χ3n) is 4.75. The van der Waals surface area contributed by atoms with Gasteiger partial charge in [-0.15, -0.1) is 0 Å². The monoisotopic (exact) mass is 287 g/mol. The summed E-state index contributed by atoms with van der Waals surface area (Å²) >= 11 is 0. The Kier molecular flexibility index (Phi) is 3.78. The summed E-state index contributed by atoms with van der Waals surface area (Å²) in [7, 11) is 0. The Balaban J connectivity index is 2.01. The van der Waals surface area contributed by atoms with Crippen LogP contribution in [0.2, 0.25) is 0 Å². The third-order valence-corrected chi connectivity index (χ3v) is 4.75. The predicted molar refractivity (Wildman–Crippen MR) is 93.9 cm³/mol. The summed E-state index contributed by atoms with van der Waals surface area (Å²) < 4.78 is 0. The Hall–Kier alpha value is -2.08. The second-order valence-electron chi connectivity index (χ2n) is 7.06. The second kappa shape index (κ2) is 5.61. The van der Waals surface area contributed by atoms with Crippen LogP contribution in [0.25, 0.3) is 0 Å². The van der Waals surface area contributed by atoms with Crippen LogP contribution in [-0.2, 0) is 5.41 Å². The van der Waals surface area contributed by atoms with Gasteiger partial charge in [0.1, 0.15) is 0 Å². The van der Waals surface area contributed by atoms with E-state index < -0.39 is 0 Å². The van der Waals surface area contributed by atoms with Crippen molar-refractivity contribution in [3.8, 4) is 0 Å². The molecule has 0 nitrogen and oxygen atoms in total. The van der Waals surface area contributed by atoms with E-state index >= 15 is 0 Å². The van der Waals surface area contributed by atoms with Crippen molar-refractivity contribution >= 4 is 0 Å². The molecule has 0 saturated heterocycles. The third kappa shape index (κ3) is 2.54. The number of allylic oxidation sites excluding steroid dienone is 4. The SMILES string of the molecule is CC(C)(C)C1(c2ccccc2)C=CC(c2cc[c]cc2)C=C1. The van der Waals surface area contributed by atoms with E-state index in [0.29, 0.717) is 5.92 Å². The number of hydrogen-bond donors (Lipinski definition) is 0. The summed E-state index contributed by atoms with van der Waals surface area (Å²) in [5.74, 6) is 0.355. The van der Waals surface area contributed by atoms with E-state index in [2.05, 4.69) is 93.6 Å². The minimum Gasteiger partial charge on any atom is -0.0760 e. The Labute approximate surface area is 134 Å².